The molecule has 0 bridgehead atoms. The predicted molar refractivity (Wildman–Crippen MR) is 152 cm³/mol. The molecule has 0 spiro atoms. The van der Waals surface area contributed by atoms with Crippen molar-refractivity contribution in [1.82, 2.24) is 0 Å². The number of esters is 1. The molecule has 0 aliphatic rings. The fourth-order valence-corrected chi connectivity index (χ4v) is 3.59. The average Bonchev–Trinajstić information content (AvgIpc) is 3.01. The quantitative estimate of drug-likeness (QED) is 0.101. The number of ether oxygens (including phenoxy) is 6. The van der Waals surface area contributed by atoms with Crippen LogP contribution < -0.4 is 10.1 Å². The molecule has 0 fully saturated rings. The molecule has 0 aromatic heterocycles. The van der Waals surface area contributed by atoms with Gasteiger partial charge in [-0.05, 0) is 54.6 Å². The molecule has 0 aliphatic carbocycles. The Kier molecular flexibility index (Phi) is 14.5. The van der Waals surface area contributed by atoms with Gasteiger partial charge in [0.2, 0.25) is 0 Å². The van der Waals surface area contributed by atoms with Crippen LogP contribution in [0.1, 0.15) is 26.3 Å². The van der Waals surface area contributed by atoms with Crippen molar-refractivity contribution in [2.45, 2.75) is 6.18 Å². The van der Waals surface area contributed by atoms with Gasteiger partial charge in [-0.2, -0.15) is 13.2 Å². The Morgan fingerprint density at radius 2 is 1.28 bits per heavy atom. The van der Waals surface area contributed by atoms with Gasteiger partial charge in [0.05, 0.1) is 69.7 Å². The van der Waals surface area contributed by atoms with Gasteiger partial charge in [-0.1, -0.05) is 18.2 Å². The maximum absolute atomic E-state index is 13.0. The van der Waals surface area contributed by atoms with Gasteiger partial charge in [-0.25, -0.2) is 4.79 Å². The third kappa shape index (κ3) is 12.8. The second kappa shape index (κ2) is 18.5. The summed E-state index contributed by atoms with van der Waals surface area (Å²) in [5.41, 5.74) is 0.494. The number of carbonyl (C=O) groups is 2. The van der Waals surface area contributed by atoms with E-state index in [1.807, 2.05) is 0 Å². The molecule has 3 rings (SSSR count). The lowest BCUT2D eigenvalue weighted by Gasteiger charge is -2.13. The van der Waals surface area contributed by atoms with E-state index >= 15 is 0 Å². The highest BCUT2D eigenvalue weighted by atomic mass is 19.4. The Hall–Kier alpha value is -3.97. The fourth-order valence-electron chi connectivity index (χ4n) is 3.59. The van der Waals surface area contributed by atoms with Crippen molar-refractivity contribution in [1.29, 1.82) is 0 Å². The number of halogens is 3. The van der Waals surface area contributed by atoms with E-state index in [1.165, 1.54) is 18.2 Å². The Labute approximate surface area is 247 Å². The van der Waals surface area contributed by atoms with Crippen molar-refractivity contribution in [3.8, 4) is 5.75 Å². The summed E-state index contributed by atoms with van der Waals surface area (Å²) in [6, 6.07) is 17.9. The molecule has 232 valence electrons. The minimum Gasteiger partial charge on any atom is -0.491 e. The minimum atomic E-state index is -4.48. The molecule has 0 atom stereocenters. The van der Waals surface area contributed by atoms with Crippen molar-refractivity contribution in [3.63, 3.8) is 0 Å². The van der Waals surface area contributed by atoms with Crippen LogP contribution in [-0.2, 0) is 29.9 Å². The van der Waals surface area contributed by atoms with Crippen molar-refractivity contribution in [3.05, 3.63) is 89.5 Å². The molecule has 0 saturated carbocycles. The van der Waals surface area contributed by atoms with Crippen LogP contribution in [0.25, 0.3) is 0 Å². The van der Waals surface area contributed by atoms with E-state index in [1.54, 1.807) is 42.5 Å². The molecular formula is C31H34F3NO8. The summed E-state index contributed by atoms with van der Waals surface area (Å²) in [5, 5.41) is 2.85. The Bertz CT molecular complexity index is 1250. The number of nitrogens with one attached hydrogen (secondary N) is 1. The van der Waals surface area contributed by atoms with Gasteiger partial charge >= 0.3 is 12.1 Å². The molecule has 0 amide bonds. The number of hydrogen-bond acceptors (Lipinski definition) is 9. The van der Waals surface area contributed by atoms with E-state index in [0.717, 1.165) is 18.4 Å². The van der Waals surface area contributed by atoms with Gasteiger partial charge < -0.3 is 33.7 Å². The summed E-state index contributed by atoms with van der Waals surface area (Å²) in [7, 11) is 0. The largest absolute Gasteiger partial charge is 0.491 e. The van der Waals surface area contributed by atoms with Gasteiger partial charge in [0.15, 0.2) is 0 Å². The molecule has 3 aromatic carbocycles. The van der Waals surface area contributed by atoms with E-state index in [-0.39, 0.29) is 24.5 Å². The van der Waals surface area contributed by atoms with Crippen LogP contribution in [0, 0.1) is 0 Å². The van der Waals surface area contributed by atoms with E-state index < -0.39 is 17.7 Å². The van der Waals surface area contributed by atoms with E-state index in [0.29, 0.717) is 69.9 Å². The molecule has 0 radical (unpaired) electrons. The number of rotatable bonds is 20. The van der Waals surface area contributed by atoms with E-state index in [2.05, 4.69) is 5.32 Å². The zero-order valence-electron chi connectivity index (χ0n) is 23.5. The predicted octanol–water partition coefficient (Wildman–Crippen LogP) is 5.56. The highest BCUT2D eigenvalue weighted by molar-refractivity contribution is 5.96. The van der Waals surface area contributed by atoms with Crippen molar-refractivity contribution >= 4 is 23.6 Å². The van der Waals surface area contributed by atoms with Crippen LogP contribution >= 0.6 is 0 Å². The minimum absolute atomic E-state index is 0.00265. The smallest absolute Gasteiger partial charge is 0.416 e. The molecule has 0 unspecified atom stereocenters. The SMILES string of the molecule is O=Cc1ccc(OCCOCCOCCOCCOCCOC(=O)c2ccccc2Nc2cccc(C(F)(F)F)c2)cc1. The Balaban J connectivity index is 1.17. The number of benzene rings is 3. The average molecular weight is 606 g/mol. The summed E-state index contributed by atoms with van der Waals surface area (Å²) in [5.74, 6) is 0.0374. The maximum atomic E-state index is 13.0. The van der Waals surface area contributed by atoms with Crippen LogP contribution in [0.2, 0.25) is 0 Å². The van der Waals surface area contributed by atoms with Gasteiger partial charge in [0.1, 0.15) is 25.2 Å². The maximum Gasteiger partial charge on any atom is 0.416 e. The molecule has 0 aliphatic heterocycles. The summed E-state index contributed by atoms with van der Waals surface area (Å²) < 4.78 is 71.5. The number of alkyl halides is 3. The Morgan fingerprint density at radius 1 is 0.698 bits per heavy atom. The second-order valence-electron chi connectivity index (χ2n) is 8.87. The molecule has 0 heterocycles. The Morgan fingerprint density at radius 3 is 1.88 bits per heavy atom. The van der Waals surface area contributed by atoms with Crippen LogP contribution in [0.15, 0.2) is 72.8 Å². The second-order valence-corrected chi connectivity index (χ2v) is 8.87. The highest BCUT2D eigenvalue weighted by Crippen LogP contribution is 2.32. The van der Waals surface area contributed by atoms with Crippen LogP contribution in [0.4, 0.5) is 24.5 Å². The van der Waals surface area contributed by atoms with Crippen LogP contribution in [0.5, 0.6) is 5.75 Å². The third-order valence-corrected chi connectivity index (χ3v) is 5.71. The first-order valence-electron chi connectivity index (χ1n) is 13.6. The molecule has 3 aromatic rings. The third-order valence-electron chi connectivity index (χ3n) is 5.71. The van der Waals surface area contributed by atoms with Crippen molar-refractivity contribution < 1.29 is 51.2 Å². The zero-order valence-corrected chi connectivity index (χ0v) is 23.5. The standard InChI is InChI=1S/C31H34F3NO8/c32-31(33,34)25-4-3-5-26(22-25)35-29-7-2-1-6-28(29)30(37)43-21-19-41-17-15-39-13-12-38-14-16-40-18-20-42-27-10-8-24(23-36)9-11-27/h1-11,22-23,35H,12-21H2. The summed E-state index contributed by atoms with van der Waals surface area (Å²) in [6.45, 7) is 3.19. The number of aldehydes is 1. The van der Waals surface area contributed by atoms with Gasteiger partial charge in [0, 0.05) is 11.3 Å². The fraction of sp³-hybridized carbons (Fsp3) is 0.355. The molecule has 0 saturated heterocycles. The number of anilines is 2. The topological polar surface area (TPSA) is 102 Å². The molecular weight excluding hydrogens is 571 g/mol. The molecule has 12 heteroatoms. The lowest BCUT2D eigenvalue weighted by Crippen LogP contribution is -2.15. The zero-order chi connectivity index (χ0) is 30.8. The normalized spacial score (nSPS) is 11.2. The lowest BCUT2D eigenvalue weighted by atomic mass is 10.1. The first kappa shape index (κ1) is 33.5. The monoisotopic (exact) mass is 605 g/mol. The molecule has 43 heavy (non-hydrogen) atoms. The molecule has 9 nitrogen and oxygen atoms in total. The van der Waals surface area contributed by atoms with Crippen LogP contribution in [-0.4, -0.2) is 78.3 Å². The van der Waals surface area contributed by atoms with Gasteiger partial charge in [0.25, 0.3) is 0 Å². The lowest BCUT2D eigenvalue weighted by molar-refractivity contribution is -0.137. The number of carbonyl (C=O) groups excluding carboxylic acids is 2. The van der Waals surface area contributed by atoms with E-state index in [9.17, 15) is 22.8 Å². The van der Waals surface area contributed by atoms with Crippen molar-refractivity contribution in [2.75, 3.05) is 71.4 Å². The van der Waals surface area contributed by atoms with E-state index in [4.69, 9.17) is 28.4 Å². The first-order valence-corrected chi connectivity index (χ1v) is 13.6. The summed E-state index contributed by atoms with van der Waals surface area (Å²) >= 11 is 0. The summed E-state index contributed by atoms with van der Waals surface area (Å²) in [6.07, 6.45) is -3.70. The van der Waals surface area contributed by atoms with Crippen LogP contribution in [0.3, 0.4) is 0 Å². The van der Waals surface area contributed by atoms with Gasteiger partial charge in [-0.3, -0.25) is 4.79 Å². The number of hydrogen-bond donors (Lipinski definition) is 1. The summed E-state index contributed by atoms with van der Waals surface area (Å²) in [4.78, 5) is 23.2. The van der Waals surface area contributed by atoms with Gasteiger partial charge in [-0.15, -0.1) is 0 Å². The highest BCUT2D eigenvalue weighted by Gasteiger charge is 2.30. The van der Waals surface area contributed by atoms with Crippen molar-refractivity contribution in [2.24, 2.45) is 0 Å². The number of para-hydroxylation sites is 1. The molecule has 1 N–H and O–H groups in total. The first-order chi connectivity index (χ1) is 20.9.